The van der Waals surface area contributed by atoms with Crippen molar-refractivity contribution in [3.63, 3.8) is 0 Å². The van der Waals surface area contributed by atoms with Crippen LogP contribution in [0.4, 0.5) is 20.2 Å². The molecule has 0 bridgehead atoms. The third kappa shape index (κ3) is 4.15. The first-order valence-electron chi connectivity index (χ1n) is 5.76. The SMILES string of the molecule is Nc1ccc(CS(=O)(=O)Nc2c(F)cc(Br)cc2F)cc1. The summed E-state index contributed by atoms with van der Waals surface area (Å²) in [6.45, 7) is 0. The fourth-order valence-corrected chi connectivity index (χ4v) is 3.28. The Morgan fingerprint density at radius 3 is 2.14 bits per heavy atom. The molecule has 0 heterocycles. The van der Waals surface area contributed by atoms with E-state index < -0.39 is 33.1 Å². The van der Waals surface area contributed by atoms with Gasteiger partial charge in [-0.25, -0.2) is 17.2 Å². The van der Waals surface area contributed by atoms with Gasteiger partial charge in [-0.15, -0.1) is 0 Å². The van der Waals surface area contributed by atoms with Gasteiger partial charge < -0.3 is 5.73 Å². The molecule has 0 aliphatic carbocycles. The van der Waals surface area contributed by atoms with Crippen LogP contribution in [-0.2, 0) is 15.8 Å². The molecule has 0 aromatic heterocycles. The summed E-state index contributed by atoms with van der Waals surface area (Å²) >= 11 is 2.92. The molecule has 0 saturated carbocycles. The van der Waals surface area contributed by atoms with E-state index in [0.717, 1.165) is 12.1 Å². The zero-order chi connectivity index (χ0) is 15.6. The number of hydrogen-bond donors (Lipinski definition) is 2. The second-order valence-corrected chi connectivity index (χ2v) is 6.99. The first kappa shape index (κ1) is 15.7. The largest absolute Gasteiger partial charge is 0.399 e. The number of nitrogens with two attached hydrogens (primary N) is 1. The molecule has 0 atom stereocenters. The Hall–Kier alpha value is -1.67. The number of benzene rings is 2. The summed E-state index contributed by atoms with van der Waals surface area (Å²) in [5, 5.41) is 0. The van der Waals surface area contributed by atoms with E-state index >= 15 is 0 Å². The van der Waals surface area contributed by atoms with Crippen LogP contribution >= 0.6 is 15.9 Å². The number of sulfonamides is 1. The summed E-state index contributed by atoms with van der Waals surface area (Å²) in [5.74, 6) is -2.41. The Bertz CT molecular complexity index is 741. The van der Waals surface area contributed by atoms with Gasteiger partial charge in [-0.05, 0) is 29.8 Å². The first-order valence-corrected chi connectivity index (χ1v) is 8.21. The van der Waals surface area contributed by atoms with Crippen molar-refractivity contribution < 1.29 is 17.2 Å². The van der Waals surface area contributed by atoms with E-state index in [1.54, 1.807) is 12.1 Å². The number of halogens is 3. The van der Waals surface area contributed by atoms with Gasteiger partial charge in [0, 0.05) is 10.2 Å². The molecule has 4 nitrogen and oxygen atoms in total. The van der Waals surface area contributed by atoms with E-state index in [2.05, 4.69) is 15.9 Å². The highest BCUT2D eigenvalue weighted by molar-refractivity contribution is 9.10. The number of rotatable bonds is 4. The smallest absolute Gasteiger partial charge is 0.237 e. The van der Waals surface area contributed by atoms with E-state index in [-0.39, 0.29) is 4.47 Å². The second-order valence-electron chi connectivity index (χ2n) is 4.35. The molecule has 2 rings (SSSR count). The molecule has 0 fully saturated rings. The summed E-state index contributed by atoms with van der Waals surface area (Å²) in [4.78, 5) is 0. The molecule has 0 amide bonds. The van der Waals surface area contributed by atoms with E-state index in [9.17, 15) is 17.2 Å². The van der Waals surface area contributed by atoms with Crippen molar-refractivity contribution >= 4 is 37.3 Å². The molecule has 21 heavy (non-hydrogen) atoms. The molecule has 0 unspecified atom stereocenters. The van der Waals surface area contributed by atoms with Gasteiger partial charge in [-0.2, -0.15) is 0 Å². The number of hydrogen-bond acceptors (Lipinski definition) is 3. The Balaban J connectivity index is 2.24. The maximum absolute atomic E-state index is 13.6. The molecular weight excluding hydrogens is 366 g/mol. The van der Waals surface area contributed by atoms with E-state index in [1.807, 2.05) is 4.72 Å². The van der Waals surface area contributed by atoms with Crippen molar-refractivity contribution in [2.45, 2.75) is 5.75 Å². The maximum atomic E-state index is 13.6. The molecule has 2 aromatic carbocycles. The molecule has 112 valence electrons. The van der Waals surface area contributed by atoms with Crippen LogP contribution in [0.5, 0.6) is 0 Å². The molecule has 0 aliphatic heterocycles. The van der Waals surface area contributed by atoms with Crippen molar-refractivity contribution in [2.24, 2.45) is 0 Å². The standard InChI is InChI=1S/C13H11BrF2N2O2S/c14-9-5-11(15)13(12(16)6-9)18-21(19,20)7-8-1-3-10(17)4-2-8/h1-6,18H,7,17H2. The molecule has 0 spiro atoms. The lowest BCUT2D eigenvalue weighted by molar-refractivity contribution is 0.581. The van der Waals surface area contributed by atoms with E-state index in [1.165, 1.54) is 12.1 Å². The van der Waals surface area contributed by atoms with Crippen LogP contribution in [0.1, 0.15) is 5.56 Å². The maximum Gasteiger partial charge on any atom is 0.237 e. The highest BCUT2D eigenvalue weighted by Gasteiger charge is 2.18. The second kappa shape index (κ2) is 5.98. The molecular formula is C13H11BrF2N2O2S. The summed E-state index contributed by atoms with van der Waals surface area (Å²) in [7, 11) is -3.94. The average Bonchev–Trinajstić information content (AvgIpc) is 2.36. The van der Waals surface area contributed by atoms with Crippen molar-refractivity contribution in [2.75, 3.05) is 10.5 Å². The molecule has 3 N–H and O–H groups in total. The van der Waals surface area contributed by atoms with Crippen molar-refractivity contribution in [1.82, 2.24) is 0 Å². The predicted octanol–water partition coefficient (Wildman–Crippen LogP) is 3.25. The summed E-state index contributed by atoms with van der Waals surface area (Å²) in [6.07, 6.45) is 0. The number of anilines is 2. The minimum Gasteiger partial charge on any atom is -0.399 e. The minimum atomic E-state index is -3.94. The fourth-order valence-electron chi connectivity index (χ4n) is 1.66. The van der Waals surface area contributed by atoms with Crippen LogP contribution < -0.4 is 10.5 Å². The van der Waals surface area contributed by atoms with E-state index in [4.69, 9.17) is 5.73 Å². The lowest BCUT2D eigenvalue weighted by Gasteiger charge is -2.10. The molecule has 0 saturated heterocycles. The molecule has 0 radical (unpaired) electrons. The van der Waals surface area contributed by atoms with Gasteiger partial charge in [0.25, 0.3) is 0 Å². The number of nitrogen functional groups attached to an aromatic ring is 1. The van der Waals surface area contributed by atoms with Crippen LogP contribution in [0.2, 0.25) is 0 Å². The quantitative estimate of drug-likeness (QED) is 0.804. The van der Waals surface area contributed by atoms with Crippen LogP contribution in [0.25, 0.3) is 0 Å². The van der Waals surface area contributed by atoms with Crippen LogP contribution in [-0.4, -0.2) is 8.42 Å². The Kier molecular flexibility index (Phi) is 4.48. The van der Waals surface area contributed by atoms with Crippen molar-refractivity contribution in [3.8, 4) is 0 Å². The third-order valence-corrected chi connectivity index (χ3v) is 4.29. The van der Waals surface area contributed by atoms with Gasteiger partial charge >= 0.3 is 0 Å². The normalized spacial score (nSPS) is 11.4. The zero-order valence-corrected chi connectivity index (χ0v) is 13.0. The zero-order valence-electron chi connectivity index (χ0n) is 10.6. The topological polar surface area (TPSA) is 72.2 Å². The highest BCUT2D eigenvalue weighted by atomic mass is 79.9. The summed E-state index contributed by atoms with van der Waals surface area (Å²) in [5.41, 5.74) is 5.75. The van der Waals surface area contributed by atoms with Gasteiger partial charge in [0.1, 0.15) is 5.69 Å². The lowest BCUT2D eigenvalue weighted by Crippen LogP contribution is -2.17. The van der Waals surface area contributed by atoms with Crippen molar-refractivity contribution in [3.05, 3.63) is 58.1 Å². The van der Waals surface area contributed by atoms with E-state index in [0.29, 0.717) is 11.3 Å². The molecule has 0 aliphatic rings. The Morgan fingerprint density at radius 1 is 1.10 bits per heavy atom. The monoisotopic (exact) mass is 376 g/mol. The number of nitrogens with one attached hydrogen (secondary N) is 1. The molecule has 2 aromatic rings. The van der Waals surface area contributed by atoms with Crippen molar-refractivity contribution in [1.29, 1.82) is 0 Å². The Morgan fingerprint density at radius 2 is 1.62 bits per heavy atom. The minimum absolute atomic E-state index is 0.180. The van der Waals surface area contributed by atoms with Gasteiger partial charge in [0.05, 0.1) is 5.75 Å². The summed E-state index contributed by atoms with van der Waals surface area (Å²) in [6, 6.07) is 8.11. The van der Waals surface area contributed by atoms with Gasteiger partial charge in [-0.3, -0.25) is 4.72 Å². The third-order valence-electron chi connectivity index (χ3n) is 2.60. The van der Waals surface area contributed by atoms with Crippen LogP contribution in [0.15, 0.2) is 40.9 Å². The van der Waals surface area contributed by atoms with Gasteiger partial charge in [0.15, 0.2) is 11.6 Å². The first-order chi connectivity index (χ1) is 9.77. The molecule has 8 heteroatoms. The fraction of sp³-hybridized carbons (Fsp3) is 0.0769. The Labute approximate surface area is 129 Å². The lowest BCUT2D eigenvalue weighted by atomic mass is 10.2. The average molecular weight is 377 g/mol. The summed E-state index contributed by atoms with van der Waals surface area (Å²) < 4.78 is 53.2. The van der Waals surface area contributed by atoms with Gasteiger partial charge in [-0.1, -0.05) is 28.1 Å². The van der Waals surface area contributed by atoms with Crippen LogP contribution in [0.3, 0.4) is 0 Å². The predicted molar refractivity (Wildman–Crippen MR) is 81.2 cm³/mol. The highest BCUT2D eigenvalue weighted by Crippen LogP contribution is 2.25. The van der Waals surface area contributed by atoms with Gasteiger partial charge in [0.2, 0.25) is 10.0 Å². The van der Waals surface area contributed by atoms with Crippen LogP contribution in [0, 0.1) is 11.6 Å².